The molecule has 0 saturated carbocycles. The number of amides is 1. The van der Waals surface area contributed by atoms with Gasteiger partial charge in [0.05, 0.1) is 20.0 Å². The second-order valence-electron chi connectivity index (χ2n) is 12.8. The number of hydrogen-bond donors (Lipinski definition) is 2. The van der Waals surface area contributed by atoms with Gasteiger partial charge in [-0.05, 0) is 60.7 Å². The molecule has 0 saturated heterocycles. The molecule has 46 heavy (non-hydrogen) atoms. The summed E-state index contributed by atoms with van der Waals surface area (Å²) in [5, 5.41) is 8.77. The first-order chi connectivity index (χ1) is 21.7. The molecule has 9 heteroatoms. The van der Waals surface area contributed by atoms with Crippen molar-refractivity contribution in [2.75, 3.05) is 29.1 Å². The summed E-state index contributed by atoms with van der Waals surface area (Å²) in [6, 6.07) is 18.9. The quantitative estimate of drug-likeness (QED) is 0.0450. The van der Waals surface area contributed by atoms with Crippen LogP contribution in [0.1, 0.15) is 57.2 Å². The molecule has 2 N–H and O–H groups in total. The number of benzene rings is 3. The van der Waals surface area contributed by atoms with Crippen molar-refractivity contribution in [2.24, 2.45) is 0 Å². The van der Waals surface area contributed by atoms with Crippen molar-refractivity contribution < 1.29 is 22.3 Å². The lowest BCUT2D eigenvalue weighted by Crippen LogP contribution is -2.27. The fraction of sp³-hybridized carbons (Fsp3) is 0.351. The van der Waals surface area contributed by atoms with E-state index in [0.717, 1.165) is 27.6 Å². The van der Waals surface area contributed by atoms with E-state index in [9.17, 15) is 17.8 Å². The van der Waals surface area contributed by atoms with Gasteiger partial charge < -0.3 is 15.2 Å². The summed E-state index contributed by atoms with van der Waals surface area (Å²) in [4.78, 5) is 11.7. The number of nitrogens with one attached hydrogen (secondary N) is 2. The number of hydrogen-bond acceptors (Lipinski definition) is 5. The Morgan fingerprint density at radius 3 is 2.50 bits per heavy atom. The van der Waals surface area contributed by atoms with E-state index in [0.29, 0.717) is 30.4 Å². The lowest BCUT2D eigenvalue weighted by Gasteiger charge is -2.27. The molecule has 1 aliphatic rings. The number of anilines is 1. The van der Waals surface area contributed by atoms with Gasteiger partial charge in [0.1, 0.15) is 7.05 Å². The molecule has 4 rings (SSSR count). The van der Waals surface area contributed by atoms with Gasteiger partial charge in [-0.2, -0.15) is 4.58 Å². The van der Waals surface area contributed by atoms with Crippen LogP contribution >= 0.6 is 22.6 Å². The van der Waals surface area contributed by atoms with Crippen molar-refractivity contribution in [1.29, 1.82) is 0 Å². The van der Waals surface area contributed by atoms with Crippen LogP contribution in [0.25, 0.3) is 10.8 Å². The van der Waals surface area contributed by atoms with Crippen LogP contribution in [0.15, 0.2) is 91.1 Å². The summed E-state index contributed by atoms with van der Waals surface area (Å²) in [5.74, 6) is -0.301. The molecular formula is C37H44IN3O4S. The number of allylic oxidation sites excluding steroid dienone is 6. The zero-order chi connectivity index (χ0) is 33.5. The third kappa shape index (κ3) is 8.74. The summed E-state index contributed by atoms with van der Waals surface area (Å²) >= 11 is 2.07. The largest absolute Gasteiger partial charge is 0.748 e. The van der Waals surface area contributed by atoms with Crippen LogP contribution < -0.4 is 10.6 Å². The van der Waals surface area contributed by atoms with Crippen LogP contribution in [-0.4, -0.2) is 52.9 Å². The minimum atomic E-state index is -4.19. The third-order valence-electron chi connectivity index (χ3n) is 8.52. The number of carbonyl (C=O) groups excluding carboxylic acids is 1. The standard InChI is InChI=1S/C37H44IN3O4S/c1-36(2,35-29-15-10-9-14-28(29)18-19-31(35)39-22-12-13-23-46(43,44)45)21-11-7-6-8-16-33-37(3,4)30-24-27(26-40-34(42)25-38)17-20-32(30)41(33)5/h6-11,14-21,24,39H,12-13,22-23,25-26H2,1-5H3,(H-,40,42,43,44,45)/b7-6+,16-8+,21-11+. The van der Waals surface area contributed by atoms with Crippen molar-refractivity contribution in [3.63, 3.8) is 0 Å². The molecule has 0 aliphatic carbocycles. The number of fused-ring (bicyclic) bond motifs is 2. The molecule has 0 fully saturated rings. The highest BCUT2D eigenvalue weighted by atomic mass is 127. The zero-order valence-electron chi connectivity index (χ0n) is 27.3. The molecule has 1 aliphatic heterocycles. The number of alkyl halides is 1. The van der Waals surface area contributed by atoms with E-state index in [1.54, 1.807) is 0 Å². The number of rotatable bonds is 14. The van der Waals surface area contributed by atoms with E-state index in [2.05, 4.69) is 139 Å². The topological polar surface area (TPSA) is 101 Å². The van der Waals surface area contributed by atoms with E-state index in [1.807, 2.05) is 24.3 Å². The molecule has 0 aromatic heterocycles. The molecular weight excluding hydrogens is 709 g/mol. The van der Waals surface area contributed by atoms with Gasteiger partial charge >= 0.3 is 0 Å². The van der Waals surface area contributed by atoms with Crippen LogP contribution in [0, 0.1) is 0 Å². The molecule has 3 aromatic carbocycles. The van der Waals surface area contributed by atoms with Crippen LogP contribution in [0.5, 0.6) is 0 Å². The Labute approximate surface area is 287 Å². The maximum Gasteiger partial charge on any atom is 0.230 e. The molecule has 7 nitrogen and oxygen atoms in total. The van der Waals surface area contributed by atoms with Gasteiger partial charge in [-0.1, -0.05) is 103 Å². The smallest absolute Gasteiger partial charge is 0.230 e. The summed E-state index contributed by atoms with van der Waals surface area (Å²) in [5.41, 5.74) is 6.38. The monoisotopic (exact) mass is 753 g/mol. The Hall–Kier alpha value is -3.28. The van der Waals surface area contributed by atoms with E-state index in [1.165, 1.54) is 17.0 Å². The number of nitrogens with zero attached hydrogens (tertiary/aromatic N) is 1. The summed E-state index contributed by atoms with van der Waals surface area (Å²) in [6.45, 7) is 9.95. The SMILES string of the molecule is C[N+]1=C(/C=C/C=C/C=C/C(C)(C)c2c(NCCCCS(=O)(=O)[O-])ccc3ccccc23)C(C)(C)c2cc(CNC(=O)CI)ccc21. The molecule has 0 radical (unpaired) electrons. The Morgan fingerprint density at radius 2 is 1.76 bits per heavy atom. The van der Waals surface area contributed by atoms with Crippen molar-refractivity contribution >= 4 is 66.5 Å². The van der Waals surface area contributed by atoms with Crippen molar-refractivity contribution in [3.8, 4) is 0 Å². The van der Waals surface area contributed by atoms with Crippen molar-refractivity contribution in [3.05, 3.63) is 108 Å². The highest BCUT2D eigenvalue weighted by Gasteiger charge is 2.42. The first-order valence-corrected chi connectivity index (χ1v) is 18.6. The summed E-state index contributed by atoms with van der Waals surface area (Å²) in [6.07, 6.45) is 13.5. The van der Waals surface area contributed by atoms with E-state index >= 15 is 0 Å². The van der Waals surface area contributed by atoms with Gasteiger partial charge in [-0.15, -0.1) is 0 Å². The second kappa shape index (κ2) is 15.1. The van der Waals surface area contributed by atoms with Gasteiger partial charge in [0.15, 0.2) is 5.71 Å². The lowest BCUT2D eigenvalue weighted by molar-refractivity contribution is -0.401. The highest BCUT2D eigenvalue weighted by molar-refractivity contribution is 14.1. The predicted molar refractivity (Wildman–Crippen MR) is 198 cm³/mol. The van der Waals surface area contributed by atoms with Gasteiger partial charge in [-0.25, -0.2) is 8.42 Å². The Kier molecular flexibility index (Phi) is 11.7. The van der Waals surface area contributed by atoms with Crippen molar-refractivity contribution in [2.45, 2.75) is 57.9 Å². The zero-order valence-corrected chi connectivity index (χ0v) is 30.2. The maximum absolute atomic E-state index is 11.7. The Bertz CT molecular complexity index is 1820. The molecule has 0 atom stereocenters. The molecule has 3 aromatic rings. The number of unbranched alkanes of at least 4 members (excludes halogenated alkanes) is 1. The maximum atomic E-state index is 11.7. The highest BCUT2D eigenvalue weighted by Crippen LogP contribution is 2.40. The minimum absolute atomic E-state index is 0.0377. The third-order valence-corrected chi connectivity index (χ3v) is 10.0. The molecule has 1 heterocycles. The molecule has 244 valence electrons. The average Bonchev–Trinajstić information content (AvgIpc) is 3.20. The Balaban J connectivity index is 1.47. The van der Waals surface area contributed by atoms with E-state index in [-0.39, 0.29) is 22.5 Å². The van der Waals surface area contributed by atoms with Crippen LogP contribution in [0.3, 0.4) is 0 Å². The molecule has 1 amide bonds. The lowest BCUT2D eigenvalue weighted by atomic mass is 9.80. The average molecular weight is 754 g/mol. The summed E-state index contributed by atoms with van der Waals surface area (Å²) in [7, 11) is -2.10. The summed E-state index contributed by atoms with van der Waals surface area (Å²) < 4.78 is 35.6. The number of halogens is 1. The van der Waals surface area contributed by atoms with Crippen LogP contribution in [0.2, 0.25) is 0 Å². The first kappa shape index (κ1) is 35.6. The first-order valence-electron chi connectivity index (χ1n) is 15.5. The predicted octanol–water partition coefficient (Wildman–Crippen LogP) is 7.28. The fourth-order valence-electron chi connectivity index (χ4n) is 6.14. The van der Waals surface area contributed by atoms with Gasteiger partial charge in [0.25, 0.3) is 0 Å². The Morgan fingerprint density at radius 1 is 1.02 bits per heavy atom. The van der Waals surface area contributed by atoms with Crippen LogP contribution in [0.4, 0.5) is 11.4 Å². The molecule has 0 bridgehead atoms. The molecule has 0 spiro atoms. The van der Waals surface area contributed by atoms with Gasteiger partial charge in [0.2, 0.25) is 11.6 Å². The van der Waals surface area contributed by atoms with Crippen molar-refractivity contribution in [1.82, 2.24) is 5.32 Å². The van der Waals surface area contributed by atoms with E-state index in [4.69, 9.17) is 0 Å². The van der Waals surface area contributed by atoms with Crippen LogP contribution in [-0.2, 0) is 32.3 Å². The van der Waals surface area contributed by atoms with Gasteiger partial charge in [-0.3, -0.25) is 4.79 Å². The van der Waals surface area contributed by atoms with E-state index < -0.39 is 10.1 Å². The normalized spacial score (nSPS) is 15.0. The minimum Gasteiger partial charge on any atom is -0.748 e. The van der Waals surface area contributed by atoms with Gasteiger partial charge in [0, 0.05) is 47.7 Å². The second-order valence-corrected chi connectivity index (χ2v) is 15.0. The fourth-order valence-corrected chi connectivity index (χ4v) is 6.96. The molecule has 0 unspecified atom stereocenters. The number of carbonyl (C=O) groups is 1.